The maximum atomic E-state index is 8.80. The zero-order valence-electron chi connectivity index (χ0n) is 4.33. The van der Waals surface area contributed by atoms with E-state index in [9.17, 15) is 0 Å². The number of aliphatic hydroxyl groups excluding tert-OH is 1. The van der Waals surface area contributed by atoms with Crippen molar-refractivity contribution in [3.8, 4) is 0 Å². The molecule has 1 unspecified atom stereocenters. The Bertz CT molecular complexity index is 139. The molecule has 3 nitrogen and oxygen atoms in total. The van der Waals surface area contributed by atoms with Gasteiger partial charge in [-0.15, -0.1) is 0 Å². The first-order valence-corrected chi connectivity index (χ1v) is 2.38. The zero-order valence-corrected chi connectivity index (χ0v) is 4.33. The third-order valence-corrected chi connectivity index (χ3v) is 0.958. The summed E-state index contributed by atoms with van der Waals surface area (Å²) >= 11 is 0. The highest BCUT2D eigenvalue weighted by Gasteiger charge is 2.04. The molecule has 0 bridgehead atoms. The molecule has 8 heavy (non-hydrogen) atoms. The Morgan fingerprint density at radius 3 is 2.88 bits per heavy atom. The van der Waals surface area contributed by atoms with Crippen LogP contribution in [-0.4, -0.2) is 11.3 Å². The minimum Gasteiger partial charge on any atom is -0.509 e. The van der Waals surface area contributed by atoms with E-state index in [1.54, 1.807) is 18.4 Å². The van der Waals surface area contributed by atoms with Crippen LogP contribution in [-0.2, 0) is 0 Å². The van der Waals surface area contributed by atoms with E-state index in [4.69, 9.17) is 10.8 Å². The average Bonchev–Trinajstić information content (AvgIpc) is 1.77. The fourth-order valence-corrected chi connectivity index (χ4v) is 0.495. The molecule has 0 aromatic heterocycles. The first-order valence-electron chi connectivity index (χ1n) is 2.38. The van der Waals surface area contributed by atoms with Gasteiger partial charge in [-0.3, -0.25) is 0 Å². The molecule has 0 aromatic carbocycles. The summed E-state index contributed by atoms with van der Waals surface area (Å²) in [5.74, 6) is 0.174. The molecule has 0 aromatic rings. The molecule has 0 fully saturated rings. The topological polar surface area (TPSA) is 58.3 Å². The van der Waals surface area contributed by atoms with E-state index in [0.717, 1.165) is 0 Å². The van der Waals surface area contributed by atoms with Crippen molar-refractivity contribution in [2.45, 2.75) is 6.17 Å². The standard InChI is InChI=1S/C5H8N2O/c6-5-4(8)2-1-3-7-5/h1-3,5,7-8H,6H2. The van der Waals surface area contributed by atoms with Crippen molar-refractivity contribution in [1.29, 1.82) is 0 Å². The summed E-state index contributed by atoms with van der Waals surface area (Å²) in [6.45, 7) is 0. The second-order valence-electron chi connectivity index (χ2n) is 1.59. The predicted octanol–water partition coefficient (Wildman–Crippen LogP) is -0.170. The van der Waals surface area contributed by atoms with E-state index < -0.39 is 6.17 Å². The van der Waals surface area contributed by atoms with E-state index in [0.29, 0.717) is 0 Å². The molecule has 1 aliphatic heterocycles. The molecule has 1 aliphatic rings. The summed E-state index contributed by atoms with van der Waals surface area (Å²) in [6.07, 6.45) is 4.52. The summed E-state index contributed by atoms with van der Waals surface area (Å²) in [6, 6.07) is 0. The van der Waals surface area contributed by atoms with Gasteiger partial charge in [-0.2, -0.15) is 0 Å². The van der Waals surface area contributed by atoms with Gasteiger partial charge in [0.15, 0.2) is 0 Å². The lowest BCUT2D eigenvalue weighted by Crippen LogP contribution is -2.36. The van der Waals surface area contributed by atoms with E-state index >= 15 is 0 Å². The summed E-state index contributed by atoms with van der Waals surface area (Å²) in [7, 11) is 0. The van der Waals surface area contributed by atoms with Crippen molar-refractivity contribution in [1.82, 2.24) is 5.32 Å². The fraction of sp³-hybridized carbons (Fsp3) is 0.200. The number of dihydropyridines is 1. The molecular weight excluding hydrogens is 104 g/mol. The van der Waals surface area contributed by atoms with E-state index in [2.05, 4.69) is 5.32 Å². The molecule has 3 heteroatoms. The van der Waals surface area contributed by atoms with Crippen LogP contribution in [0.2, 0.25) is 0 Å². The number of rotatable bonds is 0. The highest BCUT2D eigenvalue weighted by atomic mass is 16.3. The van der Waals surface area contributed by atoms with Crippen LogP contribution >= 0.6 is 0 Å². The summed E-state index contributed by atoms with van der Waals surface area (Å²) < 4.78 is 0. The highest BCUT2D eigenvalue weighted by Crippen LogP contribution is 1.96. The SMILES string of the molecule is NC1NC=CC=C1O. The lowest BCUT2D eigenvalue weighted by molar-refractivity contribution is 0.352. The fourth-order valence-electron chi connectivity index (χ4n) is 0.495. The van der Waals surface area contributed by atoms with Crippen LogP contribution in [0, 0.1) is 0 Å². The maximum Gasteiger partial charge on any atom is 0.133 e. The molecule has 44 valence electrons. The number of hydrogen-bond acceptors (Lipinski definition) is 3. The summed E-state index contributed by atoms with van der Waals surface area (Å²) in [5, 5.41) is 11.5. The molecule has 0 amide bonds. The largest absolute Gasteiger partial charge is 0.509 e. The summed E-state index contributed by atoms with van der Waals surface area (Å²) in [4.78, 5) is 0. The van der Waals surface area contributed by atoms with Gasteiger partial charge in [-0.25, -0.2) is 0 Å². The maximum absolute atomic E-state index is 8.80. The predicted molar refractivity (Wildman–Crippen MR) is 31.0 cm³/mol. The minimum atomic E-state index is -0.417. The van der Waals surface area contributed by atoms with Gasteiger partial charge in [0.05, 0.1) is 0 Å². The highest BCUT2D eigenvalue weighted by molar-refractivity contribution is 5.15. The smallest absolute Gasteiger partial charge is 0.133 e. The van der Waals surface area contributed by atoms with Crippen molar-refractivity contribution in [3.63, 3.8) is 0 Å². The lowest BCUT2D eigenvalue weighted by Gasteiger charge is -2.12. The Labute approximate surface area is 47.5 Å². The Kier molecular flexibility index (Phi) is 1.22. The van der Waals surface area contributed by atoms with Crippen molar-refractivity contribution in [2.24, 2.45) is 5.73 Å². The molecule has 1 atom stereocenters. The lowest BCUT2D eigenvalue weighted by atomic mass is 10.3. The van der Waals surface area contributed by atoms with E-state index in [1.165, 1.54) is 0 Å². The van der Waals surface area contributed by atoms with E-state index in [-0.39, 0.29) is 5.76 Å². The number of allylic oxidation sites excluding steroid dienone is 2. The van der Waals surface area contributed by atoms with Crippen LogP contribution in [0.15, 0.2) is 24.1 Å². The second-order valence-corrected chi connectivity index (χ2v) is 1.59. The number of nitrogens with one attached hydrogen (secondary N) is 1. The van der Waals surface area contributed by atoms with Crippen molar-refractivity contribution >= 4 is 0 Å². The quantitative estimate of drug-likeness (QED) is 0.407. The van der Waals surface area contributed by atoms with E-state index in [1.807, 2.05) is 0 Å². The minimum absolute atomic E-state index is 0.174. The molecule has 0 spiro atoms. The van der Waals surface area contributed by atoms with Gasteiger partial charge in [0.1, 0.15) is 11.9 Å². The van der Waals surface area contributed by atoms with Gasteiger partial charge in [0.2, 0.25) is 0 Å². The first kappa shape index (κ1) is 5.18. The molecule has 0 saturated heterocycles. The summed E-state index contributed by atoms with van der Waals surface area (Å²) in [5.41, 5.74) is 5.30. The van der Waals surface area contributed by atoms with Crippen LogP contribution in [0.5, 0.6) is 0 Å². The number of nitrogens with two attached hydrogens (primary N) is 1. The molecule has 0 aliphatic carbocycles. The Balaban J connectivity index is 2.66. The molecule has 0 radical (unpaired) electrons. The van der Waals surface area contributed by atoms with Crippen molar-refractivity contribution < 1.29 is 5.11 Å². The Morgan fingerprint density at radius 1 is 1.75 bits per heavy atom. The van der Waals surface area contributed by atoms with Gasteiger partial charge in [-0.05, 0) is 18.4 Å². The molecular formula is C5H8N2O. The number of aliphatic hydroxyl groups is 1. The normalized spacial score (nSPS) is 26.6. The second kappa shape index (κ2) is 1.88. The van der Waals surface area contributed by atoms with Crippen LogP contribution in [0.1, 0.15) is 0 Å². The third kappa shape index (κ3) is 0.816. The van der Waals surface area contributed by atoms with Gasteiger partial charge >= 0.3 is 0 Å². The van der Waals surface area contributed by atoms with Gasteiger partial charge in [0.25, 0.3) is 0 Å². The van der Waals surface area contributed by atoms with Crippen molar-refractivity contribution in [2.75, 3.05) is 0 Å². The molecule has 0 saturated carbocycles. The van der Waals surface area contributed by atoms with Crippen LogP contribution in [0.4, 0.5) is 0 Å². The molecule has 1 heterocycles. The number of hydrogen-bond donors (Lipinski definition) is 3. The molecule has 4 N–H and O–H groups in total. The molecule has 1 rings (SSSR count). The first-order chi connectivity index (χ1) is 3.80. The van der Waals surface area contributed by atoms with Gasteiger partial charge < -0.3 is 16.2 Å². The third-order valence-electron chi connectivity index (χ3n) is 0.958. The zero-order chi connectivity index (χ0) is 5.98. The Morgan fingerprint density at radius 2 is 2.50 bits per heavy atom. The average molecular weight is 112 g/mol. The van der Waals surface area contributed by atoms with Gasteiger partial charge in [0, 0.05) is 0 Å². The van der Waals surface area contributed by atoms with Gasteiger partial charge in [-0.1, -0.05) is 0 Å². The Hall–Kier alpha value is -0.960. The monoisotopic (exact) mass is 112 g/mol. The van der Waals surface area contributed by atoms with Crippen molar-refractivity contribution in [3.05, 3.63) is 24.1 Å². The van der Waals surface area contributed by atoms with Crippen LogP contribution in [0.25, 0.3) is 0 Å². The van der Waals surface area contributed by atoms with Crippen LogP contribution in [0.3, 0.4) is 0 Å². The van der Waals surface area contributed by atoms with Crippen LogP contribution < -0.4 is 11.1 Å².